The summed E-state index contributed by atoms with van der Waals surface area (Å²) >= 11 is 1.93. The summed E-state index contributed by atoms with van der Waals surface area (Å²) in [4.78, 5) is 1.29. The van der Waals surface area contributed by atoms with Gasteiger partial charge in [-0.2, -0.15) is 11.6 Å². The van der Waals surface area contributed by atoms with Gasteiger partial charge in [-0.1, -0.05) is 194 Å². The first-order valence-electron chi connectivity index (χ1n) is 22.3. The predicted molar refractivity (Wildman–Crippen MR) is 278 cm³/mol. The smallest absolute Gasteiger partial charge is 0.289 e. The molecule has 0 N–H and O–H groups in total. The van der Waals surface area contributed by atoms with E-state index < -0.39 is 8.07 Å². The van der Waals surface area contributed by atoms with Crippen molar-refractivity contribution in [3.05, 3.63) is 243 Å². The second-order valence-electron chi connectivity index (χ2n) is 17.1. The fourth-order valence-corrected chi connectivity index (χ4v) is 16.9. The van der Waals surface area contributed by atoms with Crippen molar-refractivity contribution in [1.82, 2.24) is 4.57 Å². The third kappa shape index (κ3) is 6.04. The molecular formula is C60H40BNOSSi. The van der Waals surface area contributed by atoms with Crippen molar-refractivity contribution in [3.8, 4) is 50.6 Å². The maximum Gasteiger partial charge on any atom is 0.289 e. The average molecular weight is 862 g/mol. The quantitative estimate of drug-likeness (QED) is 0.117. The van der Waals surface area contributed by atoms with Crippen molar-refractivity contribution < 1.29 is 4.74 Å². The number of ether oxygens (including phenoxy) is 1. The Labute approximate surface area is 384 Å². The molecule has 304 valence electrons. The minimum Gasteiger partial charge on any atom is -0.458 e. The second-order valence-corrected chi connectivity index (χ2v) is 22.1. The van der Waals surface area contributed by atoms with Crippen LogP contribution in [0, 0.1) is 0 Å². The van der Waals surface area contributed by atoms with Gasteiger partial charge in [-0.3, -0.25) is 0 Å². The van der Waals surface area contributed by atoms with Crippen LogP contribution in [0.15, 0.2) is 248 Å². The third-order valence-corrected chi connectivity index (χ3v) is 19.7. The average Bonchev–Trinajstić information content (AvgIpc) is 3.72. The van der Waals surface area contributed by atoms with E-state index in [1.807, 2.05) is 11.6 Å². The molecule has 0 radical (unpaired) electrons. The zero-order valence-electron chi connectivity index (χ0n) is 35.4. The highest BCUT2D eigenvalue weighted by atomic mass is 32.2. The molecule has 5 heteroatoms. The molecule has 0 saturated carbocycles. The molecule has 0 saturated heterocycles. The number of para-hydroxylation sites is 2. The zero-order chi connectivity index (χ0) is 42.9. The molecule has 0 bridgehead atoms. The summed E-state index contributed by atoms with van der Waals surface area (Å²) in [5.41, 5.74) is 13.1. The van der Waals surface area contributed by atoms with Crippen LogP contribution in [-0.2, 0) is 0 Å². The zero-order valence-corrected chi connectivity index (χ0v) is 37.3. The topological polar surface area (TPSA) is 14.2 Å². The van der Waals surface area contributed by atoms with E-state index in [9.17, 15) is 0 Å². The highest BCUT2D eigenvalue weighted by molar-refractivity contribution is 8.28. The number of nitrogens with zero attached hydrogens (tertiary/aromatic N) is 1. The minimum absolute atomic E-state index is 0.103. The van der Waals surface area contributed by atoms with Crippen molar-refractivity contribution in [2.24, 2.45) is 0 Å². The van der Waals surface area contributed by atoms with Gasteiger partial charge in [0, 0.05) is 21.4 Å². The molecule has 2 nitrogen and oxygen atoms in total. The van der Waals surface area contributed by atoms with Crippen LogP contribution >= 0.6 is 11.6 Å². The van der Waals surface area contributed by atoms with E-state index in [-0.39, 0.29) is 5.99 Å². The van der Waals surface area contributed by atoms with Gasteiger partial charge in [-0.15, -0.1) is 0 Å². The van der Waals surface area contributed by atoms with Gasteiger partial charge in [0.25, 0.3) is 5.99 Å². The molecule has 2 aliphatic rings. The molecule has 0 amide bonds. The van der Waals surface area contributed by atoms with Crippen LogP contribution in [0.2, 0.25) is 0 Å². The Bertz CT molecular complexity index is 3480. The third-order valence-electron chi connectivity index (χ3n) is 13.6. The molecule has 13 rings (SSSR count). The van der Waals surface area contributed by atoms with E-state index in [0.29, 0.717) is 0 Å². The summed E-state index contributed by atoms with van der Waals surface area (Å²) in [5.74, 6) is 1.94. The lowest BCUT2D eigenvalue weighted by Gasteiger charge is -2.35. The first kappa shape index (κ1) is 37.9. The lowest BCUT2D eigenvalue weighted by Crippen LogP contribution is -2.74. The van der Waals surface area contributed by atoms with Crippen molar-refractivity contribution in [1.29, 1.82) is 0 Å². The molecule has 0 aliphatic carbocycles. The lowest BCUT2D eigenvalue weighted by atomic mass is 9.57. The molecule has 10 aromatic carbocycles. The van der Waals surface area contributed by atoms with Crippen LogP contribution in [0.4, 0.5) is 0 Å². The number of aromatic nitrogens is 1. The van der Waals surface area contributed by atoms with Crippen LogP contribution in [0.5, 0.6) is 11.5 Å². The minimum atomic E-state index is -2.74. The Balaban J connectivity index is 0.951. The van der Waals surface area contributed by atoms with E-state index >= 15 is 0 Å². The van der Waals surface area contributed by atoms with Crippen LogP contribution in [0.3, 0.4) is 0 Å². The van der Waals surface area contributed by atoms with Crippen LogP contribution < -0.4 is 36.4 Å². The highest BCUT2D eigenvalue weighted by Gasteiger charge is 2.42. The number of benzene rings is 10. The molecule has 0 spiro atoms. The summed E-state index contributed by atoms with van der Waals surface area (Å²) < 4.78 is 9.57. The predicted octanol–water partition coefficient (Wildman–Crippen LogP) is 11.5. The van der Waals surface area contributed by atoms with Gasteiger partial charge in [0.2, 0.25) is 0 Å². The van der Waals surface area contributed by atoms with Gasteiger partial charge in [-0.25, -0.2) is 0 Å². The van der Waals surface area contributed by atoms with Crippen molar-refractivity contribution in [2.45, 2.75) is 4.90 Å². The number of rotatable bonds is 7. The Kier molecular flexibility index (Phi) is 8.93. The molecule has 1 aromatic heterocycles. The van der Waals surface area contributed by atoms with E-state index in [4.69, 9.17) is 4.74 Å². The fourth-order valence-electron chi connectivity index (χ4n) is 10.7. The summed E-state index contributed by atoms with van der Waals surface area (Å²) in [6.45, 7) is 0. The van der Waals surface area contributed by atoms with Crippen molar-refractivity contribution in [2.75, 3.05) is 0 Å². The molecule has 2 aliphatic heterocycles. The molecule has 0 fully saturated rings. The first-order valence-corrected chi connectivity index (χ1v) is 25.2. The van der Waals surface area contributed by atoms with E-state index in [2.05, 4.69) is 247 Å². The second kappa shape index (κ2) is 15.3. The number of fused-ring (bicyclic) bond motifs is 7. The van der Waals surface area contributed by atoms with E-state index in [1.165, 1.54) is 75.1 Å². The van der Waals surface area contributed by atoms with Gasteiger partial charge >= 0.3 is 0 Å². The summed E-state index contributed by atoms with van der Waals surface area (Å²) in [6.07, 6.45) is 0. The Morgan fingerprint density at radius 2 is 0.923 bits per heavy atom. The van der Waals surface area contributed by atoms with Gasteiger partial charge in [0.15, 0.2) is 8.07 Å². The van der Waals surface area contributed by atoms with Gasteiger partial charge in [0.1, 0.15) is 11.5 Å². The number of hydrogen-bond acceptors (Lipinski definition) is 2. The molecule has 65 heavy (non-hydrogen) atoms. The Morgan fingerprint density at radius 1 is 0.385 bits per heavy atom. The Morgan fingerprint density at radius 3 is 1.60 bits per heavy atom. The monoisotopic (exact) mass is 861 g/mol. The molecule has 0 unspecified atom stereocenters. The normalized spacial score (nSPS) is 12.6. The van der Waals surface area contributed by atoms with E-state index in [1.54, 1.807) is 0 Å². The van der Waals surface area contributed by atoms with E-state index in [0.717, 1.165) is 33.9 Å². The fraction of sp³-hybridized carbons (Fsp3) is 0. The van der Waals surface area contributed by atoms with Gasteiger partial charge in [0.05, 0.1) is 11.0 Å². The van der Waals surface area contributed by atoms with Crippen LogP contribution in [-0.4, -0.2) is 18.6 Å². The Hall–Kier alpha value is -7.57. The van der Waals surface area contributed by atoms with Crippen LogP contribution in [0.25, 0.3) is 60.9 Å². The van der Waals surface area contributed by atoms with Crippen molar-refractivity contribution in [3.63, 3.8) is 0 Å². The molecule has 0 atom stereocenters. The SMILES string of the molecule is c1ccc([Si](c2ccccc2)(c2ccccc2)c2cccc(-c3cc4c5c(c3)-c3ccccc3SB5c3ccc(-c5cccc(-n6c7ccccc7c7ccccc76)c5)cc3O4)c2)cc1. The summed E-state index contributed by atoms with van der Waals surface area (Å²) in [7, 11) is -2.74. The summed E-state index contributed by atoms with van der Waals surface area (Å²) in [5, 5.41) is 7.95. The largest absolute Gasteiger partial charge is 0.458 e. The standard InChI is InChI=1S/C60H40BNOSSi/c1-4-21-46(22-5-1)65(47-23-6-2-7-24-47,48-25-8-3-9-26-48)49-27-17-19-42(37-49)44-38-53-52-30-12-15-33-59(52)64-61-54-35-34-43(39-57(54)63-58(40-44)60(53)61)41-18-16-20-45(36-41)62-55-31-13-10-28-50(55)51-29-11-14-32-56(51)62/h1-40H. The van der Waals surface area contributed by atoms with Gasteiger partial charge < -0.3 is 9.30 Å². The van der Waals surface area contributed by atoms with Crippen LogP contribution in [0.1, 0.15) is 0 Å². The summed E-state index contributed by atoms with van der Waals surface area (Å²) in [6, 6.07) is 89.6. The maximum atomic E-state index is 7.18. The van der Waals surface area contributed by atoms with Crippen molar-refractivity contribution >= 4 is 79.2 Å². The van der Waals surface area contributed by atoms with Gasteiger partial charge in [-0.05, 0) is 114 Å². The lowest BCUT2D eigenvalue weighted by molar-refractivity contribution is 0.488. The maximum absolute atomic E-state index is 7.18. The molecular weight excluding hydrogens is 822 g/mol. The number of hydrogen-bond donors (Lipinski definition) is 0. The molecule has 3 heterocycles. The molecule has 11 aromatic rings. The first-order chi connectivity index (χ1) is 32.2. The highest BCUT2D eigenvalue weighted by Crippen LogP contribution is 2.45.